The minimum absolute atomic E-state index is 0.0538. The standard InChI is InChI=1S/C14H9F2NO5/c15-14(16)21-10-4-3-8(7-11(10)22-14)6-9-2-1-5-17-12(9)20-13(18)19/h1-5,7H,6H2,(H,18,19). The molecule has 8 heteroatoms. The Bertz CT molecular complexity index is 735. The van der Waals surface area contributed by atoms with Crippen LogP contribution in [0.5, 0.6) is 17.4 Å². The van der Waals surface area contributed by atoms with Crippen LogP contribution in [0.1, 0.15) is 11.1 Å². The lowest BCUT2D eigenvalue weighted by Crippen LogP contribution is -2.25. The van der Waals surface area contributed by atoms with E-state index in [1.165, 1.54) is 18.3 Å². The Labute approximate surface area is 122 Å². The van der Waals surface area contributed by atoms with Crippen molar-refractivity contribution in [1.82, 2.24) is 4.98 Å². The van der Waals surface area contributed by atoms with E-state index in [1.54, 1.807) is 18.2 Å². The number of aromatic nitrogens is 1. The quantitative estimate of drug-likeness (QED) is 0.878. The van der Waals surface area contributed by atoms with E-state index >= 15 is 0 Å². The van der Waals surface area contributed by atoms with E-state index in [9.17, 15) is 13.6 Å². The Morgan fingerprint density at radius 1 is 1.27 bits per heavy atom. The number of benzene rings is 1. The van der Waals surface area contributed by atoms with Crippen molar-refractivity contribution >= 4 is 6.16 Å². The molecule has 0 aliphatic carbocycles. The molecule has 1 aliphatic rings. The molecule has 6 nitrogen and oxygen atoms in total. The van der Waals surface area contributed by atoms with Gasteiger partial charge in [0.25, 0.3) is 0 Å². The summed E-state index contributed by atoms with van der Waals surface area (Å²) in [6.07, 6.45) is -3.53. The van der Waals surface area contributed by atoms with Gasteiger partial charge in [-0.05, 0) is 23.8 Å². The van der Waals surface area contributed by atoms with Gasteiger partial charge in [-0.25, -0.2) is 9.78 Å². The fourth-order valence-corrected chi connectivity index (χ4v) is 2.06. The number of nitrogens with zero attached hydrogens (tertiary/aromatic N) is 1. The van der Waals surface area contributed by atoms with Crippen molar-refractivity contribution in [2.75, 3.05) is 0 Å². The maximum absolute atomic E-state index is 13.0. The Kier molecular flexibility index (Phi) is 3.28. The van der Waals surface area contributed by atoms with E-state index in [-0.39, 0.29) is 23.8 Å². The van der Waals surface area contributed by atoms with Gasteiger partial charge in [-0.15, -0.1) is 8.78 Å². The number of halogens is 2. The van der Waals surface area contributed by atoms with Crippen LogP contribution in [0, 0.1) is 0 Å². The molecule has 1 N–H and O–H groups in total. The summed E-state index contributed by atoms with van der Waals surface area (Å²) in [6.45, 7) is 0. The molecule has 0 fully saturated rings. The largest absolute Gasteiger partial charge is 0.586 e. The summed E-state index contributed by atoms with van der Waals surface area (Å²) in [5.74, 6) is -0.188. The van der Waals surface area contributed by atoms with Gasteiger partial charge >= 0.3 is 12.5 Å². The van der Waals surface area contributed by atoms with Crippen molar-refractivity contribution in [1.29, 1.82) is 0 Å². The lowest BCUT2D eigenvalue weighted by Gasteiger charge is -2.07. The number of fused-ring (bicyclic) bond motifs is 1. The summed E-state index contributed by atoms with van der Waals surface area (Å²) in [5, 5.41) is 8.66. The molecule has 0 saturated carbocycles. The molecule has 2 aromatic rings. The van der Waals surface area contributed by atoms with Crippen LogP contribution in [0.25, 0.3) is 0 Å². The first-order chi connectivity index (χ1) is 10.4. The molecule has 0 spiro atoms. The lowest BCUT2D eigenvalue weighted by atomic mass is 10.1. The molecule has 0 saturated heterocycles. The summed E-state index contributed by atoms with van der Waals surface area (Å²) in [5.41, 5.74) is 1.11. The fourth-order valence-electron chi connectivity index (χ4n) is 2.06. The molecular formula is C14H9F2NO5. The van der Waals surface area contributed by atoms with Crippen LogP contribution in [-0.2, 0) is 6.42 Å². The summed E-state index contributed by atoms with van der Waals surface area (Å²) < 4.78 is 39.2. The van der Waals surface area contributed by atoms with Gasteiger partial charge in [-0.3, -0.25) is 0 Å². The first-order valence-corrected chi connectivity index (χ1v) is 6.16. The predicted octanol–water partition coefficient (Wildman–Crippen LogP) is 3.05. The van der Waals surface area contributed by atoms with Crippen LogP contribution < -0.4 is 14.2 Å². The molecule has 22 heavy (non-hydrogen) atoms. The van der Waals surface area contributed by atoms with Crippen molar-refractivity contribution in [3.8, 4) is 17.4 Å². The Hall–Kier alpha value is -2.90. The number of carbonyl (C=O) groups is 1. The number of hydrogen-bond donors (Lipinski definition) is 1. The number of rotatable bonds is 3. The predicted molar refractivity (Wildman–Crippen MR) is 68.3 cm³/mol. The Morgan fingerprint density at radius 2 is 2.05 bits per heavy atom. The van der Waals surface area contributed by atoms with E-state index in [0.29, 0.717) is 11.1 Å². The highest BCUT2D eigenvalue weighted by Crippen LogP contribution is 2.41. The van der Waals surface area contributed by atoms with Crippen molar-refractivity contribution in [3.05, 3.63) is 47.7 Å². The SMILES string of the molecule is O=C(O)Oc1ncccc1Cc1ccc2c(c1)OC(F)(F)O2. The molecule has 0 radical (unpaired) electrons. The van der Waals surface area contributed by atoms with Crippen molar-refractivity contribution in [2.45, 2.75) is 12.7 Å². The number of hydrogen-bond acceptors (Lipinski definition) is 5. The number of pyridine rings is 1. The molecule has 0 atom stereocenters. The highest BCUT2D eigenvalue weighted by Gasteiger charge is 2.43. The molecular weight excluding hydrogens is 300 g/mol. The highest BCUT2D eigenvalue weighted by atomic mass is 19.3. The minimum atomic E-state index is -3.67. The third-order valence-electron chi connectivity index (χ3n) is 2.89. The Morgan fingerprint density at radius 3 is 2.82 bits per heavy atom. The molecule has 114 valence electrons. The highest BCUT2D eigenvalue weighted by molar-refractivity contribution is 5.61. The van der Waals surface area contributed by atoms with E-state index in [4.69, 9.17) is 5.11 Å². The summed E-state index contributed by atoms with van der Waals surface area (Å²) in [4.78, 5) is 14.4. The average molecular weight is 309 g/mol. The van der Waals surface area contributed by atoms with Gasteiger partial charge in [-0.2, -0.15) is 0 Å². The summed E-state index contributed by atoms with van der Waals surface area (Å²) in [6, 6.07) is 7.57. The van der Waals surface area contributed by atoms with Gasteiger partial charge in [-0.1, -0.05) is 12.1 Å². The number of ether oxygens (including phenoxy) is 3. The smallest absolute Gasteiger partial charge is 0.449 e. The molecule has 0 unspecified atom stereocenters. The van der Waals surface area contributed by atoms with Crippen LogP contribution in [-0.4, -0.2) is 22.5 Å². The van der Waals surface area contributed by atoms with Gasteiger partial charge in [0, 0.05) is 18.2 Å². The average Bonchev–Trinajstić information content (AvgIpc) is 2.73. The maximum Gasteiger partial charge on any atom is 0.586 e. The van der Waals surface area contributed by atoms with E-state index < -0.39 is 12.5 Å². The van der Waals surface area contributed by atoms with Crippen LogP contribution in [0.3, 0.4) is 0 Å². The molecule has 1 aromatic heterocycles. The van der Waals surface area contributed by atoms with Crippen LogP contribution >= 0.6 is 0 Å². The van der Waals surface area contributed by atoms with Gasteiger partial charge in [0.1, 0.15) is 0 Å². The summed E-state index contributed by atoms with van der Waals surface area (Å²) >= 11 is 0. The van der Waals surface area contributed by atoms with Crippen molar-refractivity contribution in [2.24, 2.45) is 0 Å². The lowest BCUT2D eigenvalue weighted by molar-refractivity contribution is -0.286. The zero-order valence-electron chi connectivity index (χ0n) is 11.0. The van der Waals surface area contributed by atoms with Gasteiger partial charge in [0.05, 0.1) is 0 Å². The van der Waals surface area contributed by atoms with Crippen molar-refractivity contribution < 1.29 is 32.9 Å². The first-order valence-electron chi connectivity index (χ1n) is 6.16. The number of alkyl halides is 2. The zero-order valence-corrected chi connectivity index (χ0v) is 11.0. The minimum Gasteiger partial charge on any atom is -0.449 e. The van der Waals surface area contributed by atoms with Crippen LogP contribution in [0.15, 0.2) is 36.5 Å². The van der Waals surface area contributed by atoms with E-state index in [2.05, 4.69) is 19.2 Å². The molecule has 1 aliphatic heterocycles. The van der Waals surface area contributed by atoms with Gasteiger partial charge < -0.3 is 19.3 Å². The van der Waals surface area contributed by atoms with E-state index in [1.807, 2.05) is 0 Å². The van der Waals surface area contributed by atoms with Crippen molar-refractivity contribution in [3.63, 3.8) is 0 Å². The third kappa shape index (κ3) is 2.90. The molecule has 3 rings (SSSR count). The third-order valence-corrected chi connectivity index (χ3v) is 2.89. The molecule has 0 bridgehead atoms. The molecule has 1 aromatic carbocycles. The summed E-state index contributed by atoms with van der Waals surface area (Å²) in [7, 11) is 0. The van der Waals surface area contributed by atoms with Gasteiger partial charge in [0.15, 0.2) is 11.5 Å². The van der Waals surface area contributed by atoms with Crippen LogP contribution in [0.2, 0.25) is 0 Å². The second kappa shape index (κ2) is 5.14. The zero-order chi connectivity index (χ0) is 15.7. The van der Waals surface area contributed by atoms with Crippen LogP contribution in [0.4, 0.5) is 13.6 Å². The monoisotopic (exact) mass is 309 g/mol. The second-order valence-electron chi connectivity index (χ2n) is 4.46. The molecule has 2 heterocycles. The van der Waals surface area contributed by atoms with Gasteiger partial charge in [0.2, 0.25) is 5.88 Å². The molecule has 0 amide bonds. The van der Waals surface area contributed by atoms with E-state index in [0.717, 1.165) is 0 Å². The Balaban J connectivity index is 1.85. The second-order valence-corrected chi connectivity index (χ2v) is 4.46. The maximum atomic E-state index is 13.0. The number of carboxylic acid groups (broad SMARTS) is 1. The first kappa shape index (κ1) is 14.1. The topological polar surface area (TPSA) is 77.9 Å². The normalized spacial score (nSPS) is 14.6. The fraction of sp³-hybridized carbons (Fsp3) is 0.143.